The van der Waals surface area contributed by atoms with Crippen LogP contribution < -0.4 is 0 Å². The van der Waals surface area contributed by atoms with E-state index >= 15 is 0 Å². The van der Waals surface area contributed by atoms with Crippen LogP contribution in [-0.4, -0.2) is 44.5 Å². The Labute approximate surface area is 73.7 Å². The molecule has 1 saturated heterocycles. The van der Waals surface area contributed by atoms with Crippen molar-refractivity contribution in [3.8, 4) is 0 Å². The van der Waals surface area contributed by atoms with Crippen molar-refractivity contribution >= 4 is 6.29 Å². The molecule has 1 rings (SSSR count). The van der Waals surface area contributed by atoms with Gasteiger partial charge in [0, 0.05) is 26.6 Å². The Kier molecular flexibility index (Phi) is 4.25. The summed E-state index contributed by atoms with van der Waals surface area (Å²) in [4.78, 5) is 12.4. The largest absolute Gasteiger partial charge is 0.384 e. The number of ether oxygens (including phenoxy) is 1. The van der Waals surface area contributed by atoms with E-state index in [4.69, 9.17) is 4.74 Å². The molecule has 70 valence electrons. The molecule has 1 atom stereocenters. The van der Waals surface area contributed by atoms with Gasteiger partial charge in [-0.15, -0.1) is 0 Å². The predicted molar refractivity (Wildman–Crippen MR) is 47.1 cm³/mol. The lowest BCUT2D eigenvalue weighted by molar-refractivity contribution is -0.108. The van der Waals surface area contributed by atoms with Crippen molar-refractivity contribution in [1.29, 1.82) is 0 Å². The Balaban J connectivity index is 2.12. The van der Waals surface area contributed by atoms with Crippen LogP contribution in [0.3, 0.4) is 0 Å². The maximum absolute atomic E-state index is 10.1. The number of likely N-dealkylation sites (tertiary alicyclic amines) is 1. The van der Waals surface area contributed by atoms with Gasteiger partial charge in [-0.3, -0.25) is 0 Å². The van der Waals surface area contributed by atoms with Crippen molar-refractivity contribution in [2.24, 2.45) is 5.92 Å². The second kappa shape index (κ2) is 5.27. The summed E-state index contributed by atoms with van der Waals surface area (Å²) in [6.07, 6.45) is 2.87. The Morgan fingerprint density at radius 2 is 2.50 bits per heavy atom. The first-order valence-electron chi connectivity index (χ1n) is 4.51. The molecule has 1 unspecified atom stereocenters. The van der Waals surface area contributed by atoms with Crippen LogP contribution in [-0.2, 0) is 9.53 Å². The van der Waals surface area contributed by atoms with E-state index in [0.717, 1.165) is 32.5 Å². The molecular weight excluding hydrogens is 154 g/mol. The number of rotatable bonds is 5. The van der Waals surface area contributed by atoms with Crippen molar-refractivity contribution in [2.45, 2.75) is 12.8 Å². The number of hydrogen-bond donors (Lipinski definition) is 0. The van der Waals surface area contributed by atoms with Crippen molar-refractivity contribution in [1.82, 2.24) is 4.90 Å². The second-order valence-electron chi connectivity index (χ2n) is 3.37. The molecule has 12 heavy (non-hydrogen) atoms. The summed E-state index contributed by atoms with van der Waals surface area (Å²) >= 11 is 0. The van der Waals surface area contributed by atoms with Gasteiger partial charge < -0.3 is 14.4 Å². The first-order valence-corrected chi connectivity index (χ1v) is 4.51. The number of carbonyl (C=O) groups excluding carboxylic acids is 1. The molecular formula is C9H17NO2. The quantitative estimate of drug-likeness (QED) is 0.565. The summed E-state index contributed by atoms with van der Waals surface area (Å²) in [5, 5.41) is 0. The third-order valence-electron chi connectivity index (χ3n) is 2.34. The topological polar surface area (TPSA) is 29.5 Å². The molecule has 1 fully saturated rings. The molecule has 0 aliphatic carbocycles. The molecule has 0 aromatic rings. The van der Waals surface area contributed by atoms with Crippen molar-refractivity contribution in [3.05, 3.63) is 0 Å². The van der Waals surface area contributed by atoms with Gasteiger partial charge in [-0.1, -0.05) is 0 Å². The molecule has 0 radical (unpaired) electrons. The number of hydrogen-bond acceptors (Lipinski definition) is 3. The summed E-state index contributed by atoms with van der Waals surface area (Å²) in [7, 11) is 1.74. The van der Waals surface area contributed by atoms with Crippen molar-refractivity contribution < 1.29 is 9.53 Å². The number of nitrogens with zero attached hydrogens (tertiary/aromatic N) is 1. The zero-order chi connectivity index (χ0) is 8.81. The van der Waals surface area contributed by atoms with Crippen LogP contribution in [0.15, 0.2) is 0 Å². The highest BCUT2D eigenvalue weighted by Gasteiger charge is 2.21. The molecule has 3 heteroatoms. The van der Waals surface area contributed by atoms with Gasteiger partial charge in [0.2, 0.25) is 0 Å². The average Bonchev–Trinajstić information content (AvgIpc) is 2.50. The van der Waals surface area contributed by atoms with Gasteiger partial charge in [-0.05, 0) is 18.9 Å². The van der Waals surface area contributed by atoms with E-state index in [0.29, 0.717) is 12.3 Å². The van der Waals surface area contributed by atoms with Crippen LogP contribution in [0.2, 0.25) is 0 Å². The van der Waals surface area contributed by atoms with Gasteiger partial charge in [-0.2, -0.15) is 0 Å². The monoisotopic (exact) mass is 171 g/mol. The van der Waals surface area contributed by atoms with Crippen LogP contribution >= 0.6 is 0 Å². The third-order valence-corrected chi connectivity index (χ3v) is 2.34. The maximum atomic E-state index is 10.1. The summed E-state index contributed by atoms with van der Waals surface area (Å²) in [6, 6.07) is 0. The smallest absolute Gasteiger partial charge is 0.121 e. The third kappa shape index (κ3) is 2.91. The molecule has 0 aromatic carbocycles. The molecule has 0 bridgehead atoms. The van der Waals surface area contributed by atoms with Gasteiger partial charge >= 0.3 is 0 Å². The first kappa shape index (κ1) is 9.68. The van der Waals surface area contributed by atoms with E-state index in [1.54, 1.807) is 7.11 Å². The van der Waals surface area contributed by atoms with Gasteiger partial charge in [0.25, 0.3) is 0 Å². The predicted octanol–water partition coefficient (Wildman–Crippen LogP) is 0.544. The maximum Gasteiger partial charge on any atom is 0.121 e. The Morgan fingerprint density at radius 1 is 1.67 bits per heavy atom. The van der Waals surface area contributed by atoms with Crippen LogP contribution in [0, 0.1) is 5.92 Å². The van der Waals surface area contributed by atoms with Crippen molar-refractivity contribution in [2.75, 3.05) is 33.4 Å². The average molecular weight is 171 g/mol. The number of carbonyl (C=O) groups is 1. The van der Waals surface area contributed by atoms with Crippen LogP contribution in [0.1, 0.15) is 12.8 Å². The highest BCUT2D eigenvalue weighted by molar-refractivity contribution is 5.49. The zero-order valence-corrected chi connectivity index (χ0v) is 7.66. The molecule has 0 amide bonds. The highest BCUT2D eigenvalue weighted by Crippen LogP contribution is 2.15. The SMILES string of the molecule is COCC1CCN(CCC=O)C1. The molecule has 1 aliphatic rings. The molecule has 3 nitrogen and oxygen atoms in total. The van der Waals surface area contributed by atoms with Gasteiger partial charge in [0.15, 0.2) is 0 Å². The number of methoxy groups -OCH3 is 1. The standard InChI is InChI=1S/C9H17NO2/c1-12-8-9-3-5-10(7-9)4-2-6-11/h6,9H,2-5,7-8H2,1H3. The minimum Gasteiger partial charge on any atom is -0.384 e. The fourth-order valence-corrected chi connectivity index (χ4v) is 1.72. The van der Waals surface area contributed by atoms with Gasteiger partial charge in [-0.25, -0.2) is 0 Å². The molecule has 0 aromatic heterocycles. The summed E-state index contributed by atoms with van der Waals surface area (Å²) in [5.74, 6) is 0.682. The van der Waals surface area contributed by atoms with Gasteiger partial charge in [0.1, 0.15) is 6.29 Å². The fraction of sp³-hybridized carbons (Fsp3) is 0.889. The Bertz CT molecular complexity index is 138. The Morgan fingerprint density at radius 3 is 3.17 bits per heavy atom. The second-order valence-corrected chi connectivity index (χ2v) is 3.37. The van der Waals surface area contributed by atoms with E-state index in [1.807, 2.05) is 0 Å². The Hall–Kier alpha value is -0.410. The van der Waals surface area contributed by atoms with Crippen LogP contribution in [0.4, 0.5) is 0 Å². The lowest BCUT2D eigenvalue weighted by atomic mass is 10.1. The lowest BCUT2D eigenvalue weighted by Gasteiger charge is -2.13. The van der Waals surface area contributed by atoms with E-state index in [2.05, 4.69) is 4.90 Å². The van der Waals surface area contributed by atoms with E-state index < -0.39 is 0 Å². The first-order chi connectivity index (χ1) is 5.86. The van der Waals surface area contributed by atoms with Crippen LogP contribution in [0.5, 0.6) is 0 Å². The molecule has 0 saturated carbocycles. The van der Waals surface area contributed by atoms with E-state index in [-0.39, 0.29) is 0 Å². The highest BCUT2D eigenvalue weighted by atomic mass is 16.5. The normalized spacial score (nSPS) is 24.6. The zero-order valence-electron chi connectivity index (χ0n) is 7.66. The summed E-state index contributed by atoms with van der Waals surface area (Å²) in [6.45, 7) is 4.00. The minimum atomic E-state index is 0.666. The molecule has 0 N–H and O–H groups in total. The number of aldehydes is 1. The lowest BCUT2D eigenvalue weighted by Crippen LogP contribution is -2.23. The van der Waals surface area contributed by atoms with E-state index in [9.17, 15) is 4.79 Å². The van der Waals surface area contributed by atoms with E-state index in [1.165, 1.54) is 6.42 Å². The van der Waals surface area contributed by atoms with Crippen molar-refractivity contribution in [3.63, 3.8) is 0 Å². The molecule has 1 aliphatic heterocycles. The minimum absolute atomic E-state index is 0.666. The molecule has 0 spiro atoms. The fourth-order valence-electron chi connectivity index (χ4n) is 1.72. The molecule has 1 heterocycles. The summed E-state index contributed by atoms with van der Waals surface area (Å²) < 4.78 is 5.08. The van der Waals surface area contributed by atoms with Crippen LogP contribution in [0.25, 0.3) is 0 Å². The van der Waals surface area contributed by atoms with Gasteiger partial charge in [0.05, 0.1) is 6.61 Å². The summed E-state index contributed by atoms with van der Waals surface area (Å²) in [5.41, 5.74) is 0.